The Morgan fingerprint density at radius 1 is 1.00 bits per heavy atom. The fourth-order valence-corrected chi connectivity index (χ4v) is 8.79. The van der Waals surface area contributed by atoms with Gasteiger partial charge in [0.15, 0.2) is 18.2 Å². The first-order valence-corrected chi connectivity index (χ1v) is 15.1. The SMILES string of the molecule is CC[Si](CC)(CC)OC1C(C)C(CO)OC(CCS(=O)(=O)c2ccccc2)C1C. The van der Waals surface area contributed by atoms with Crippen molar-refractivity contribution in [2.45, 2.75) is 82.4 Å². The molecule has 2 rings (SSSR count). The summed E-state index contributed by atoms with van der Waals surface area (Å²) in [5, 5.41) is 9.87. The minimum Gasteiger partial charge on any atom is -0.413 e. The second kappa shape index (κ2) is 10.5. The third-order valence-corrected chi connectivity index (χ3v) is 13.2. The molecule has 5 unspecified atom stereocenters. The number of hydrogen-bond acceptors (Lipinski definition) is 5. The number of ether oxygens (including phenoxy) is 1. The fraction of sp³-hybridized carbons (Fsp3) is 0.727. The number of hydrogen-bond donors (Lipinski definition) is 1. The first-order valence-electron chi connectivity index (χ1n) is 11.0. The highest BCUT2D eigenvalue weighted by molar-refractivity contribution is 7.91. The van der Waals surface area contributed by atoms with Gasteiger partial charge < -0.3 is 14.3 Å². The Balaban J connectivity index is 2.17. The summed E-state index contributed by atoms with van der Waals surface area (Å²) in [5.74, 6) is 0.187. The van der Waals surface area contributed by atoms with Crippen molar-refractivity contribution in [2.24, 2.45) is 11.8 Å². The van der Waals surface area contributed by atoms with Crippen LogP contribution in [0.1, 0.15) is 41.0 Å². The Hall–Kier alpha value is -0.733. The number of benzene rings is 1. The summed E-state index contributed by atoms with van der Waals surface area (Å²) in [6.07, 6.45) is -0.181. The molecule has 1 aromatic rings. The lowest BCUT2D eigenvalue weighted by molar-refractivity contribution is -0.170. The Morgan fingerprint density at radius 2 is 1.55 bits per heavy atom. The van der Waals surface area contributed by atoms with Crippen LogP contribution in [0.5, 0.6) is 0 Å². The average molecular weight is 443 g/mol. The van der Waals surface area contributed by atoms with Crippen molar-refractivity contribution < 1.29 is 22.7 Å². The molecule has 5 atom stereocenters. The van der Waals surface area contributed by atoms with E-state index in [4.69, 9.17) is 9.16 Å². The van der Waals surface area contributed by atoms with Crippen molar-refractivity contribution in [3.63, 3.8) is 0 Å². The molecule has 166 valence electrons. The molecule has 1 aromatic carbocycles. The molecule has 29 heavy (non-hydrogen) atoms. The molecule has 0 bridgehead atoms. The van der Waals surface area contributed by atoms with Crippen LogP contribution in [0.3, 0.4) is 0 Å². The van der Waals surface area contributed by atoms with Crippen molar-refractivity contribution in [2.75, 3.05) is 12.4 Å². The first kappa shape index (κ1) is 24.5. The van der Waals surface area contributed by atoms with Crippen LogP contribution < -0.4 is 0 Å². The number of sulfone groups is 1. The Kier molecular flexibility index (Phi) is 8.91. The van der Waals surface area contributed by atoms with Crippen LogP contribution in [-0.2, 0) is 19.0 Å². The maximum atomic E-state index is 12.7. The van der Waals surface area contributed by atoms with Gasteiger partial charge in [-0.3, -0.25) is 0 Å². The Bertz CT molecular complexity index is 712. The van der Waals surface area contributed by atoms with E-state index in [1.807, 2.05) is 6.07 Å². The van der Waals surface area contributed by atoms with E-state index in [0.717, 1.165) is 18.1 Å². The molecule has 1 fully saturated rings. The molecule has 0 amide bonds. The third-order valence-electron chi connectivity index (χ3n) is 6.83. The average Bonchev–Trinajstić information content (AvgIpc) is 2.74. The summed E-state index contributed by atoms with van der Waals surface area (Å²) in [7, 11) is -5.19. The standard InChI is InChI=1S/C22H38O5SSi/c1-6-29(7-2,8-3)27-22-17(4)20(26-21(16-23)18(22)5)14-15-28(24,25)19-12-10-9-11-13-19/h9-13,17-18,20-23H,6-8,14-16H2,1-5H3. The highest BCUT2D eigenvalue weighted by Gasteiger charge is 2.45. The summed E-state index contributed by atoms with van der Waals surface area (Å²) in [4.78, 5) is 0.345. The van der Waals surface area contributed by atoms with Crippen LogP contribution in [0.15, 0.2) is 35.2 Å². The maximum Gasteiger partial charge on any atom is 0.192 e. The zero-order valence-corrected chi connectivity index (χ0v) is 20.3. The predicted molar refractivity (Wildman–Crippen MR) is 119 cm³/mol. The zero-order valence-electron chi connectivity index (χ0n) is 18.5. The molecule has 0 aromatic heterocycles. The Labute approximate surface area is 177 Å². The molecule has 5 nitrogen and oxygen atoms in total. The van der Waals surface area contributed by atoms with E-state index >= 15 is 0 Å². The van der Waals surface area contributed by atoms with E-state index < -0.39 is 18.2 Å². The minimum absolute atomic E-state index is 0.0168. The van der Waals surface area contributed by atoms with Crippen molar-refractivity contribution in [1.29, 1.82) is 0 Å². The topological polar surface area (TPSA) is 72.8 Å². The molecule has 0 radical (unpaired) electrons. The van der Waals surface area contributed by atoms with E-state index in [-0.39, 0.29) is 42.5 Å². The molecular formula is C22H38O5SSi. The van der Waals surface area contributed by atoms with Crippen LogP contribution in [-0.4, -0.2) is 52.5 Å². The highest BCUT2D eigenvalue weighted by Crippen LogP contribution is 2.38. The third kappa shape index (κ3) is 5.70. The maximum absolute atomic E-state index is 12.7. The first-order chi connectivity index (χ1) is 13.7. The van der Waals surface area contributed by atoms with E-state index in [9.17, 15) is 13.5 Å². The van der Waals surface area contributed by atoms with Gasteiger partial charge in [0.05, 0.1) is 35.6 Å². The highest BCUT2D eigenvalue weighted by atomic mass is 32.2. The zero-order chi connectivity index (χ0) is 21.7. The molecule has 1 aliphatic heterocycles. The van der Waals surface area contributed by atoms with E-state index in [1.54, 1.807) is 24.3 Å². The summed E-state index contributed by atoms with van der Waals surface area (Å²) in [5.41, 5.74) is 0. The van der Waals surface area contributed by atoms with E-state index in [1.165, 1.54) is 0 Å². The minimum atomic E-state index is -3.36. The van der Waals surface area contributed by atoms with Gasteiger partial charge in [0.1, 0.15) is 0 Å². The van der Waals surface area contributed by atoms with Gasteiger partial charge in [0.2, 0.25) is 0 Å². The molecule has 1 N–H and O–H groups in total. The molecule has 1 aliphatic rings. The van der Waals surface area contributed by atoms with Crippen LogP contribution in [0.2, 0.25) is 18.1 Å². The molecule has 0 saturated carbocycles. The molecule has 1 heterocycles. The summed E-state index contributed by atoms with van der Waals surface area (Å²) in [6.45, 7) is 10.7. The second-order valence-corrected chi connectivity index (χ2v) is 15.2. The molecule has 1 saturated heterocycles. The van der Waals surface area contributed by atoms with Crippen molar-refractivity contribution in [3.8, 4) is 0 Å². The van der Waals surface area contributed by atoms with Crippen molar-refractivity contribution >= 4 is 18.2 Å². The van der Waals surface area contributed by atoms with Gasteiger partial charge in [0.25, 0.3) is 0 Å². The molecule has 0 spiro atoms. The predicted octanol–water partition coefficient (Wildman–Crippen LogP) is 4.27. The smallest absolute Gasteiger partial charge is 0.192 e. The summed E-state index contributed by atoms with van der Waals surface area (Å²) >= 11 is 0. The number of aliphatic hydroxyl groups excluding tert-OH is 1. The van der Waals surface area contributed by atoms with Crippen LogP contribution in [0, 0.1) is 11.8 Å². The quantitative estimate of drug-likeness (QED) is 0.548. The van der Waals surface area contributed by atoms with Crippen LogP contribution in [0.4, 0.5) is 0 Å². The van der Waals surface area contributed by atoms with Gasteiger partial charge in [-0.2, -0.15) is 0 Å². The number of rotatable bonds is 10. The lowest BCUT2D eigenvalue weighted by Crippen LogP contribution is -2.55. The molecular weight excluding hydrogens is 404 g/mol. The Morgan fingerprint density at radius 3 is 2.07 bits per heavy atom. The lowest BCUT2D eigenvalue weighted by Gasteiger charge is -2.48. The largest absolute Gasteiger partial charge is 0.413 e. The van der Waals surface area contributed by atoms with Gasteiger partial charge in [-0.05, 0) is 36.7 Å². The summed E-state index contributed by atoms with van der Waals surface area (Å²) < 4.78 is 38.4. The van der Waals surface area contributed by atoms with Gasteiger partial charge in [-0.1, -0.05) is 52.8 Å². The normalized spacial score (nSPS) is 28.4. The number of aliphatic hydroxyl groups is 1. The van der Waals surface area contributed by atoms with Crippen LogP contribution >= 0.6 is 0 Å². The fourth-order valence-electron chi connectivity index (χ4n) is 4.43. The van der Waals surface area contributed by atoms with Crippen LogP contribution in [0.25, 0.3) is 0 Å². The summed E-state index contributed by atoms with van der Waals surface area (Å²) in [6, 6.07) is 11.7. The van der Waals surface area contributed by atoms with E-state index in [0.29, 0.717) is 11.3 Å². The molecule has 0 aliphatic carbocycles. The van der Waals surface area contributed by atoms with Gasteiger partial charge >= 0.3 is 0 Å². The van der Waals surface area contributed by atoms with Gasteiger partial charge in [-0.25, -0.2) is 8.42 Å². The second-order valence-electron chi connectivity index (χ2n) is 8.36. The monoisotopic (exact) mass is 442 g/mol. The van der Waals surface area contributed by atoms with Gasteiger partial charge in [-0.15, -0.1) is 0 Å². The van der Waals surface area contributed by atoms with Crippen molar-refractivity contribution in [3.05, 3.63) is 30.3 Å². The lowest BCUT2D eigenvalue weighted by atomic mass is 9.82. The van der Waals surface area contributed by atoms with E-state index in [2.05, 4.69) is 34.6 Å². The molecule has 7 heteroatoms. The van der Waals surface area contributed by atoms with Gasteiger partial charge in [0, 0.05) is 11.8 Å². The van der Waals surface area contributed by atoms with Crippen molar-refractivity contribution in [1.82, 2.24) is 0 Å².